The Morgan fingerprint density at radius 3 is 2.29 bits per heavy atom. The molecule has 0 unspecified atom stereocenters. The van der Waals surface area contributed by atoms with Crippen LogP contribution in [0.1, 0.15) is 56.6 Å². The molecular weight excluding hydrogens is 454 g/mol. The summed E-state index contributed by atoms with van der Waals surface area (Å²) in [6, 6.07) is 8.67. The van der Waals surface area contributed by atoms with Gasteiger partial charge in [-0.3, -0.25) is 0 Å². The lowest BCUT2D eigenvalue weighted by Gasteiger charge is -2.12. The minimum Gasteiger partial charge on any atom is -0.550 e. The minimum absolute atomic E-state index is 0. The van der Waals surface area contributed by atoms with Crippen molar-refractivity contribution in [2.75, 3.05) is 11.5 Å². The number of pyridine rings is 1. The number of carboxylic acids is 1. The molecule has 2 heterocycles. The van der Waals surface area contributed by atoms with Crippen LogP contribution in [0.3, 0.4) is 0 Å². The van der Waals surface area contributed by atoms with Gasteiger partial charge in [0.1, 0.15) is 11.3 Å². The lowest BCUT2D eigenvalue weighted by atomic mass is 10.2. The van der Waals surface area contributed by atoms with Crippen LogP contribution in [0.5, 0.6) is 0 Å². The summed E-state index contributed by atoms with van der Waals surface area (Å²) in [4.78, 5) is 18.5. The molecule has 34 heavy (non-hydrogen) atoms. The topological polar surface area (TPSA) is 167 Å². The number of aliphatic carboxylic acids is 1. The first-order valence-electron chi connectivity index (χ1n) is 11.2. The van der Waals surface area contributed by atoms with Crippen molar-refractivity contribution in [1.82, 2.24) is 20.7 Å². The number of benzene rings is 1. The number of unbranched alkanes of at least 4 members (excludes halogenated alkanes) is 2. The van der Waals surface area contributed by atoms with Crippen molar-refractivity contribution in [2.24, 2.45) is 0 Å². The third-order valence-electron chi connectivity index (χ3n) is 5.35. The molecular formula is C24H37N5O4S. The zero-order chi connectivity index (χ0) is 24.6. The van der Waals surface area contributed by atoms with E-state index in [0.717, 1.165) is 67.3 Å². The second-order valence-corrected chi connectivity index (χ2v) is 10.1. The lowest BCUT2D eigenvalue weighted by molar-refractivity contribution is -0.302. The van der Waals surface area contributed by atoms with Crippen LogP contribution in [0.2, 0.25) is 0 Å². The molecule has 0 fully saturated rings. The van der Waals surface area contributed by atoms with Crippen LogP contribution in [0, 0.1) is 13.8 Å². The number of rotatable bonds is 9. The summed E-state index contributed by atoms with van der Waals surface area (Å²) in [6.07, 6.45) is 4.27. The normalized spacial score (nSPS) is 10.9. The second-order valence-electron chi connectivity index (χ2n) is 8.02. The molecule has 0 radical (unpaired) electrons. The Hall–Kier alpha value is -2.98. The fourth-order valence-electron chi connectivity index (χ4n) is 3.69. The van der Waals surface area contributed by atoms with Crippen LogP contribution in [-0.2, 0) is 27.6 Å². The van der Waals surface area contributed by atoms with Crippen LogP contribution in [0.25, 0.3) is 11.0 Å². The van der Waals surface area contributed by atoms with Crippen LogP contribution in [0.15, 0.2) is 35.2 Å². The Kier molecular flexibility index (Phi) is 11.1. The minimum atomic E-state index is -3.21. The predicted octanol–water partition coefficient (Wildman–Crippen LogP) is 3.36. The Morgan fingerprint density at radius 1 is 1.09 bits per heavy atom. The van der Waals surface area contributed by atoms with Gasteiger partial charge in [-0.15, -0.1) is 0 Å². The molecule has 0 spiro atoms. The number of nitrogens with two attached hydrogens (primary N) is 1. The van der Waals surface area contributed by atoms with Gasteiger partial charge in [-0.25, -0.2) is 18.4 Å². The van der Waals surface area contributed by atoms with Crippen molar-refractivity contribution in [3.05, 3.63) is 47.4 Å². The molecule has 0 aliphatic carbocycles. The standard InChI is InChI=1S/C22H30N4O2S.C2H4O2.H3N/c1-4-11-19-25-20-21(16(2)17(3)24-22(20)23)26(19)14-9-6-10-15-29(27,28)18-12-7-5-8-13-18;1-2(3)4;/h5,7-8,12-13H,4,6,9-11,14-15H2,1-3H3,(H2,23,24);1H3,(H,3,4);1H3. The molecule has 10 heteroatoms. The molecule has 1 aromatic carbocycles. The molecule has 0 aliphatic heterocycles. The largest absolute Gasteiger partial charge is 0.550 e. The van der Waals surface area contributed by atoms with Gasteiger partial charge in [0.25, 0.3) is 0 Å². The van der Waals surface area contributed by atoms with E-state index < -0.39 is 15.8 Å². The quantitative estimate of drug-likeness (QED) is 0.432. The summed E-state index contributed by atoms with van der Waals surface area (Å²) in [5.74, 6) is 0.605. The number of quaternary nitrogens is 1. The maximum absolute atomic E-state index is 12.4. The van der Waals surface area contributed by atoms with Crippen molar-refractivity contribution in [3.63, 3.8) is 0 Å². The Labute approximate surface area is 201 Å². The van der Waals surface area contributed by atoms with Gasteiger partial charge in [0, 0.05) is 24.6 Å². The lowest BCUT2D eigenvalue weighted by Crippen LogP contribution is -2.16. The van der Waals surface area contributed by atoms with E-state index in [-0.39, 0.29) is 11.9 Å². The van der Waals surface area contributed by atoms with E-state index in [0.29, 0.717) is 17.1 Å². The number of carbonyl (C=O) groups is 1. The summed E-state index contributed by atoms with van der Waals surface area (Å²) >= 11 is 0. The van der Waals surface area contributed by atoms with Crippen molar-refractivity contribution in [3.8, 4) is 0 Å². The highest BCUT2D eigenvalue weighted by Gasteiger charge is 2.17. The first-order chi connectivity index (χ1) is 15.6. The van der Waals surface area contributed by atoms with Gasteiger partial charge in [0.15, 0.2) is 15.7 Å². The number of hydrogen-bond acceptors (Lipinski definition) is 7. The Bertz CT molecular complexity index is 1190. The molecule has 188 valence electrons. The average Bonchev–Trinajstić information content (AvgIpc) is 3.11. The number of anilines is 1. The average molecular weight is 492 g/mol. The van der Waals surface area contributed by atoms with Crippen molar-refractivity contribution >= 4 is 32.7 Å². The van der Waals surface area contributed by atoms with Gasteiger partial charge in [-0.1, -0.05) is 31.5 Å². The van der Waals surface area contributed by atoms with Crippen molar-refractivity contribution in [2.45, 2.75) is 71.2 Å². The maximum atomic E-state index is 12.4. The highest BCUT2D eigenvalue weighted by atomic mass is 32.2. The number of fused-ring (bicyclic) bond motifs is 1. The molecule has 0 atom stereocenters. The summed E-state index contributed by atoms with van der Waals surface area (Å²) in [7, 11) is -3.21. The number of sulfone groups is 1. The summed E-state index contributed by atoms with van der Waals surface area (Å²) in [5.41, 5.74) is 10.0. The van der Waals surface area contributed by atoms with Crippen LogP contribution in [-0.4, -0.2) is 34.7 Å². The number of aromatic nitrogens is 3. The fourth-order valence-corrected chi connectivity index (χ4v) is 5.08. The van der Waals surface area contributed by atoms with Crippen LogP contribution >= 0.6 is 0 Å². The van der Waals surface area contributed by atoms with Crippen molar-refractivity contribution < 1.29 is 18.3 Å². The fraction of sp³-hybridized carbons (Fsp3) is 0.458. The molecule has 0 bridgehead atoms. The molecule has 0 amide bonds. The Balaban J connectivity index is 0.00000107. The summed E-state index contributed by atoms with van der Waals surface area (Å²) in [5, 5.41) is 8.89. The van der Waals surface area contributed by atoms with Crippen molar-refractivity contribution in [1.29, 1.82) is 0 Å². The van der Waals surface area contributed by atoms with E-state index in [1.54, 1.807) is 24.3 Å². The van der Waals surface area contributed by atoms with Gasteiger partial charge < -0.3 is 26.4 Å². The third-order valence-corrected chi connectivity index (χ3v) is 7.16. The molecule has 0 saturated carbocycles. The zero-order valence-electron chi connectivity index (χ0n) is 20.8. The highest BCUT2D eigenvalue weighted by Crippen LogP contribution is 2.27. The number of carbonyl (C=O) groups excluding carboxylic acids is 1. The monoisotopic (exact) mass is 491 g/mol. The highest BCUT2D eigenvalue weighted by molar-refractivity contribution is 7.91. The number of nitrogen functional groups attached to an aromatic ring is 1. The SMILES string of the molecule is CC(=O)[O-].CCCc1nc2c(N)nc(C)c(C)c2n1CCCCCS(=O)(=O)c1ccccc1.[NH4+]. The number of hydrogen-bond donors (Lipinski definition) is 2. The Morgan fingerprint density at radius 2 is 1.71 bits per heavy atom. The number of carboxylic acid groups (broad SMARTS) is 1. The number of nitrogens with zero attached hydrogens (tertiary/aromatic N) is 3. The van der Waals surface area contributed by atoms with Crippen LogP contribution in [0.4, 0.5) is 5.82 Å². The molecule has 9 nitrogen and oxygen atoms in total. The predicted molar refractivity (Wildman–Crippen MR) is 134 cm³/mol. The van der Waals surface area contributed by atoms with E-state index in [1.807, 2.05) is 13.0 Å². The molecule has 2 aromatic heterocycles. The van der Waals surface area contributed by atoms with Gasteiger partial charge in [0.05, 0.1) is 16.2 Å². The van der Waals surface area contributed by atoms with Crippen LogP contribution < -0.4 is 17.0 Å². The van der Waals surface area contributed by atoms with E-state index in [9.17, 15) is 8.42 Å². The smallest absolute Gasteiger partial charge is 0.178 e. The van der Waals surface area contributed by atoms with E-state index in [1.165, 1.54) is 0 Å². The molecule has 0 saturated heterocycles. The maximum Gasteiger partial charge on any atom is 0.178 e. The second kappa shape index (κ2) is 13.0. The van der Waals surface area contributed by atoms with Gasteiger partial charge in [0.2, 0.25) is 0 Å². The molecule has 6 N–H and O–H groups in total. The first-order valence-corrected chi connectivity index (χ1v) is 12.8. The van der Waals surface area contributed by atoms with E-state index in [2.05, 4.69) is 23.4 Å². The van der Waals surface area contributed by atoms with Gasteiger partial charge in [-0.05, 0) is 57.7 Å². The van der Waals surface area contributed by atoms with Gasteiger partial charge in [-0.2, -0.15) is 0 Å². The zero-order valence-corrected chi connectivity index (χ0v) is 21.6. The number of aryl methyl sites for hydroxylation is 4. The summed E-state index contributed by atoms with van der Waals surface area (Å²) in [6.45, 7) is 7.94. The van der Waals surface area contributed by atoms with Gasteiger partial charge >= 0.3 is 0 Å². The van der Waals surface area contributed by atoms with E-state index >= 15 is 0 Å². The summed E-state index contributed by atoms with van der Waals surface area (Å²) < 4.78 is 27.1. The molecule has 3 rings (SSSR count). The molecule has 0 aliphatic rings. The number of imidazole rings is 1. The van der Waals surface area contributed by atoms with E-state index in [4.69, 9.17) is 20.6 Å². The third kappa shape index (κ3) is 7.53. The molecule has 3 aromatic rings. The first kappa shape index (κ1) is 29.1.